The highest BCUT2D eigenvalue weighted by molar-refractivity contribution is 7.88. The molecule has 1 aromatic carbocycles. The Morgan fingerprint density at radius 1 is 1.25 bits per heavy atom. The maximum atomic E-state index is 13.7. The van der Waals surface area contributed by atoms with Gasteiger partial charge in [0.25, 0.3) is 0 Å². The first-order valence-electron chi connectivity index (χ1n) is 10.7. The summed E-state index contributed by atoms with van der Waals surface area (Å²) in [6, 6.07) is 3.61. The summed E-state index contributed by atoms with van der Waals surface area (Å²) in [5.74, 6) is 0.727. The summed E-state index contributed by atoms with van der Waals surface area (Å²) in [7, 11) is -0.176. The molecule has 32 heavy (non-hydrogen) atoms. The lowest BCUT2D eigenvalue weighted by Crippen LogP contribution is -2.48. The summed E-state index contributed by atoms with van der Waals surface area (Å²) in [6.07, 6.45) is 4.25. The van der Waals surface area contributed by atoms with Crippen LogP contribution in [0.2, 0.25) is 0 Å². The van der Waals surface area contributed by atoms with Crippen LogP contribution in [0.5, 0.6) is 11.5 Å². The third-order valence-corrected chi connectivity index (χ3v) is 8.37. The van der Waals surface area contributed by atoms with E-state index >= 15 is 0 Å². The molecule has 2 saturated heterocycles. The number of nitrogens with zero attached hydrogens (tertiary/aromatic N) is 3. The fourth-order valence-corrected chi connectivity index (χ4v) is 6.31. The highest BCUT2D eigenvalue weighted by Gasteiger charge is 2.36. The van der Waals surface area contributed by atoms with Crippen LogP contribution in [0, 0.1) is 5.92 Å². The van der Waals surface area contributed by atoms with Gasteiger partial charge in [0.15, 0.2) is 5.13 Å². The fourth-order valence-electron chi connectivity index (χ4n) is 4.31. The lowest BCUT2D eigenvalue weighted by atomic mass is 9.98. The van der Waals surface area contributed by atoms with Crippen LogP contribution in [0.25, 0.3) is 10.2 Å². The maximum absolute atomic E-state index is 13.7. The van der Waals surface area contributed by atoms with E-state index in [-0.39, 0.29) is 18.6 Å². The molecule has 4 rings (SSSR count). The molecule has 2 fully saturated rings. The highest BCUT2D eigenvalue weighted by atomic mass is 32.2. The third-order valence-electron chi connectivity index (χ3n) is 6.01. The number of piperidine rings is 1. The molecule has 11 heteroatoms. The van der Waals surface area contributed by atoms with E-state index in [0.29, 0.717) is 54.7 Å². The lowest BCUT2D eigenvalue weighted by molar-refractivity contribution is -0.123. The normalized spacial score (nSPS) is 22.2. The van der Waals surface area contributed by atoms with Crippen LogP contribution in [-0.2, 0) is 19.6 Å². The van der Waals surface area contributed by atoms with Crippen LogP contribution in [0.3, 0.4) is 0 Å². The number of hydrogen-bond donors (Lipinski definition) is 0. The zero-order valence-corrected chi connectivity index (χ0v) is 20.2. The largest absolute Gasteiger partial charge is 0.495 e. The maximum Gasteiger partial charge on any atom is 0.233 e. The Kier molecular flexibility index (Phi) is 6.89. The van der Waals surface area contributed by atoms with E-state index in [0.717, 1.165) is 17.5 Å². The van der Waals surface area contributed by atoms with Crippen molar-refractivity contribution >= 4 is 42.6 Å². The van der Waals surface area contributed by atoms with Gasteiger partial charge in [-0.05, 0) is 37.8 Å². The van der Waals surface area contributed by atoms with Crippen molar-refractivity contribution in [3.8, 4) is 11.5 Å². The second-order valence-electron chi connectivity index (χ2n) is 8.19. The van der Waals surface area contributed by atoms with Crippen LogP contribution in [-0.4, -0.2) is 76.4 Å². The average molecular weight is 484 g/mol. The number of amides is 1. The Morgan fingerprint density at radius 2 is 2.00 bits per heavy atom. The molecule has 2 aliphatic rings. The standard InChI is InChI=1S/C21H29N3O6S2/c1-28-16-8-9-17(29-2)19-18(16)22-21(31-19)24(13-15-7-5-11-30-15)20(25)14-6-4-10-23(12-14)32(3,26)27/h8-9,14-15H,4-7,10-13H2,1-3H3. The third kappa shape index (κ3) is 4.70. The van der Waals surface area contributed by atoms with Crippen molar-refractivity contribution in [1.29, 1.82) is 0 Å². The number of anilines is 1. The summed E-state index contributed by atoms with van der Waals surface area (Å²) in [4.78, 5) is 20.1. The van der Waals surface area contributed by atoms with Gasteiger partial charge in [-0.25, -0.2) is 17.7 Å². The molecule has 3 heterocycles. The molecular formula is C21H29N3O6S2. The number of fused-ring (bicyclic) bond motifs is 1. The number of carbonyl (C=O) groups is 1. The molecule has 0 aliphatic carbocycles. The van der Waals surface area contributed by atoms with Crippen molar-refractivity contribution in [2.75, 3.05) is 51.6 Å². The Balaban J connectivity index is 1.70. The number of methoxy groups -OCH3 is 2. The Morgan fingerprint density at radius 3 is 2.66 bits per heavy atom. The summed E-state index contributed by atoms with van der Waals surface area (Å²) in [6.45, 7) is 1.71. The first kappa shape index (κ1) is 23.2. The van der Waals surface area contributed by atoms with Crippen LogP contribution < -0.4 is 14.4 Å². The fraction of sp³-hybridized carbons (Fsp3) is 0.619. The highest BCUT2D eigenvalue weighted by Crippen LogP contribution is 2.41. The SMILES string of the molecule is COc1ccc(OC)c2sc(N(CC3CCCO3)C(=O)C3CCCN(S(C)(=O)=O)C3)nc12. The van der Waals surface area contributed by atoms with Gasteiger partial charge in [0.05, 0.1) is 39.0 Å². The van der Waals surface area contributed by atoms with Gasteiger partial charge in [0.1, 0.15) is 21.7 Å². The van der Waals surface area contributed by atoms with Gasteiger partial charge in [-0.2, -0.15) is 0 Å². The van der Waals surface area contributed by atoms with E-state index in [1.807, 2.05) is 6.07 Å². The van der Waals surface area contributed by atoms with E-state index in [4.69, 9.17) is 19.2 Å². The smallest absolute Gasteiger partial charge is 0.233 e. The van der Waals surface area contributed by atoms with E-state index in [1.54, 1.807) is 25.2 Å². The summed E-state index contributed by atoms with van der Waals surface area (Å²) in [5.41, 5.74) is 0.637. The molecule has 0 radical (unpaired) electrons. The topological polar surface area (TPSA) is 98.3 Å². The van der Waals surface area contributed by atoms with Crippen molar-refractivity contribution < 1.29 is 27.4 Å². The quantitative estimate of drug-likeness (QED) is 0.597. The number of carbonyl (C=O) groups excluding carboxylic acids is 1. The van der Waals surface area contributed by atoms with Crippen molar-refractivity contribution in [2.45, 2.75) is 31.8 Å². The first-order chi connectivity index (χ1) is 15.3. The second-order valence-corrected chi connectivity index (χ2v) is 11.1. The molecule has 1 aromatic heterocycles. The average Bonchev–Trinajstić information content (AvgIpc) is 3.45. The number of thiazole rings is 1. The number of ether oxygens (including phenoxy) is 3. The van der Waals surface area contributed by atoms with Crippen molar-refractivity contribution in [1.82, 2.24) is 9.29 Å². The van der Waals surface area contributed by atoms with Crippen molar-refractivity contribution in [2.24, 2.45) is 5.92 Å². The minimum atomic E-state index is -3.35. The molecule has 9 nitrogen and oxygen atoms in total. The van der Waals surface area contributed by atoms with Crippen LogP contribution in [0.4, 0.5) is 5.13 Å². The molecule has 176 valence electrons. The second kappa shape index (κ2) is 9.50. The van der Waals surface area contributed by atoms with E-state index in [1.165, 1.54) is 21.9 Å². The van der Waals surface area contributed by atoms with Crippen LogP contribution in [0.1, 0.15) is 25.7 Å². The first-order valence-corrected chi connectivity index (χ1v) is 13.4. The molecule has 2 aliphatic heterocycles. The van der Waals surface area contributed by atoms with Gasteiger partial charge in [0.2, 0.25) is 15.9 Å². The zero-order valence-electron chi connectivity index (χ0n) is 18.6. The molecule has 0 saturated carbocycles. The number of benzene rings is 1. The number of hydrogen-bond acceptors (Lipinski definition) is 8. The molecule has 1 amide bonds. The summed E-state index contributed by atoms with van der Waals surface area (Å²) in [5, 5.41) is 0.541. The van der Waals surface area contributed by atoms with Crippen molar-refractivity contribution in [3.63, 3.8) is 0 Å². The number of aromatic nitrogens is 1. The zero-order chi connectivity index (χ0) is 22.9. The lowest BCUT2D eigenvalue weighted by Gasteiger charge is -2.33. The summed E-state index contributed by atoms with van der Waals surface area (Å²) < 4.78 is 43.1. The van der Waals surface area contributed by atoms with E-state index in [2.05, 4.69) is 0 Å². The van der Waals surface area contributed by atoms with Crippen LogP contribution in [0.15, 0.2) is 12.1 Å². The monoisotopic (exact) mass is 483 g/mol. The predicted octanol–water partition coefficient (Wildman–Crippen LogP) is 2.50. The van der Waals surface area contributed by atoms with Gasteiger partial charge in [0, 0.05) is 19.7 Å². The molecule has 0 spiro atoms. The van der Waals surface area contributed by atoms with Crippen molar-refractivity contribution in [3.05, 3.63) is 12.1 Å². The molecular weight excluding hydrogens is 454 g/mol. The molecule has 2 atom stereocenters. The number of sulfonamides is 1. The van der Waals surface area contributed by atoms with Crippen LogP contribution >= 0.6 is 11.3 Å². The Labute approximate surface area is 192 Å². The Hall–Kier alpha value is -1.95. The van der Waals surface area contributed by atoms with Gasteiger partial charge < -0.3 is 14.2 Å². The molecule has 0 N–H and O–H groups in total. The molecule has 0 bridgehead atoms. The summed E-state index contributed by atoms with van der Waals surface area (Å²) >= 11 is 1.37. The Bertz CT molecular complexity index is 1040. The van der Waals surface area contributed by atoms with E-state index in [9.17, 15) is 13.2 Å². The van der Waals surface area contributed by atoms with Gasteiger partial charge in [-0.1, -0.05) is 11.3 Å². The van der Waals surface area contributed by atoms with Gasteiger partial charge in [-0.3, -0.25) is 9.69 Å². The van der Waals surface area contributed by atoms with Gasteiger partial charge in [-0.15, -0.1) is 0 Å². The van der Waals surface area contributed by atoms with Gasteiger partial charge >= 0.3 is 0 Å². The molecule has 2 aromatic rings. The predicted molar refractivity (Wildman–Crippen MR) is 123 cm³/mol. The minimum Gasteiger partial charge on any atom is -0.495 e. The van der Waals surface area contributed by atoms with E-state index < -0.39 is 15.9 Å². The molecule has 2 unspecified atom stereocenters. The number of rotatable bonds is 7. The minimum absolute atomic E-state index is 0.0654.